The lowest BCUT2D eigenvalue weighted by Crippen LogP contribution is -2.95. The molecule has 6 nitrogen and oxygen atoms in total. The van der Waals surface area contributed by atoms with Crippen LogP contribution in [0.1, 0.15) is 52.9 Å². The lowest BCUT2D eigenvalue weighted by Gasteiger charge is -2.57. The van der Waals surface area contributed by atoms with Gasteiger partial charge in [-0.3, -0.25) is 0 Å². The lowest BCUT2D eigenvalue weighted by molar-refractivity contribution is -0.142. The molecule has 0 bridgehead atoms. The number of nitrogens with zero attached hydrogens (tertiary/aromatic N) is 2. The van der Waals surface area contributed by atoms with Crippen molar-refractivity contribution in [3.05, 3.63) is 57.1 Å². The smallest absolute Gasteiger partial charge is 0.433 e. The molecule has 0 aliphatic carbocycles. The minimum Gasteiger partial charge on any atom is -0.478 e. The number of carboxylic acids is 1. The van der Waals surface area contributed by atoms with Crippen LogP contribution < -0.4 is 0 Å². The molecule has 2 aromatic heterocycles. The van der Waals surface area contributed by atoms with Crippen molar-refractivity contribution in [2.24, 2.45) is 0 Å². The van der Waals surface area contributed by atoms with E-state index in [0.717, 1.165) is 19.2 Å². The topological polar surface area (TPSA) is 89.4 Å². The molecular formula is C18H14B51Cl2F6N2O4. The van der Waals surface area contributed by atoms with Gasteiger partial charge in [0.25, 0.3) is 0 Å². The molecule has 0 atom stereocenters. The monoisotopic (exact) mass is 1070 g/mol. The number of aromatic nitrogens is 2. The second-order valence-electron chi connectivity index (χ2n) is 21.0. The zero-order valence-electron chi connectivity index (χ0n) is 45.8. The van der Waals surface area contributed by atoms with Crippen molar-refractivity contribution in [2.75, 3.05) is 0 Å². The number of esters is 1. The maximum absolute atomic E-state index is 12.5. The van der Waals surface area contributed by atoms with Gasteiger partial charge in [-0.2, -0.15) is 26.3 Å². The zero-order valence-corrected chi connectivity index (χ0v) is 47.4. The second-order valence-corrected chi connectivity index (χ2v) is 21.8. The molecule has 1 N–H and O–H groups in total. The summed E-state index contributed by atoms with van der Waals surface area (Å²) < 4.78 is 78.7. The minimum atomic E-state index is -4.70. The number of aromatic carboxylic acids is 1. The van der Waals surface area contributed by atoms with E-state index in [-0.39, 0.29) is 5.56 Å². The number of carbonyl (C=O) groups is 2. The maximum atomic E-state index is 12.5. The van der Waals surface area contributed by atoms with Gasteiger partial charge in [0.1, 0.15) is 27.3 Å². The Labute approximate surface area is 544 Å². The summed E-state index contributed by atoms with van der Waals surface area (Å²) >= 11 is 10.7. The first-order valence-electron chi connectivity index (χ1n) is 24.9. The summed E-state index contributed by atoms with van der Waals surface area (Å²) in [4.78, 5) is 28.1. The van der Waals surface area contributed by atoms with Gasteiger partial charge in [-0.25, -0.2) is 19.6 Å². The molecule has 65 heteroatoms. The number of rotatable bonds is 26. The van der Waals surface area contributed by atoms with E-state index in [1.54, 1.807) is 20.8 Å². The van der Waals surface area contributed by atoms with Gasteiger partial charge in [0.05, 0.1) is 11.1 Å². The molecule has 0 spiro atoms. The Morgan fingerprint density at radius 3 is 0.855 bits per heavy atom. The quantitative estimate of drug-likeness (QED) is 0.0437. The fourth-order valence-corrected chi connectivity index (χ4v) is 10.9. The summed E-state index contributed by atoms with van der Waals surface area (Å²) in [7, 11) is 169. The molecule has 53 radical (unpaired) electrons. The number of halogens is 8. The van der Waals surface area contributed by atoms with Crippen molar-refractivity contribution in [3.8, 4) is 0 Å². The van der Waals surface area contributed by atoms with Gasteiger partial charge in [-0.15, -0.1) is 0 Å². The van der Waals surface area contributed by atoms with Gasteiger partial charge >= 0.3 is 24.3 Å². The Morgan fingerprint density at radius 2 is 0.639 bits per heavy atom. The summed E-state index contributed by atoms with van der Waals surface area (Å²) in [5.74, 6) is -2.36. The predicted octanol–water partition coefficient (Wildman–Crippen LogP) is -13.3. The average molecular weight is 1060 g/mol. The number of pyridine rings is 2. The van der Waals surface area contributed by atoms with E-state index >= 15 is 0 Å². The molecule has 0 saturated heterocycles. The molecule has 0 aliphatic rings. The molecule has 2 aromatic rings. The highest BCUT2D eigenvalue weighted by molar-refractivity contribution is 8.35. The Morgan fingerprint density at radius 1 is 0.422 bits per heavy atom. The van der Waals surface area contributed by atoms with E-state index in [1.807, 2.05) is 0 Å². The van der Waals surface area contributed by atoms with E-state index in [0.29, 0.717) is 12.1 Å². The normalized spacial score (nSPS) is 10.5. The lowest BCUT2D eigenvalue weighted by atomic mass is 8.24. The first-order valence-corrected chi connectivity index (χ1v) is 25.7. The summed E-state index contributed by atoms with van der Waals surface area (Å²) in [6.45, 7) is 4.83. The van der Waals surface area contributed by atoms with E-state index in [9.17, 15) is 35.9 Å². The maximum Gasteiger partial charge on any atom is 0.433 e. The zero-order chi connectivity index (χ0) is 65.6. The molecule has 0 amide bonds. The molecule has 0 unspecified atom stereocenters. The highest BCUT2D eigenvalue weighted by atomic mass is 35.5. The third-order valence-electron chi connectivity index (χ3n) is 13.5. The van der Waals surface area contributed by atoms with E-state index in [4.69, 9.17) is 234 Å². The molecule has 0 aromatic carbocycles. The van der Waals surface area contributed by atoms with Crippen molar-refractivity contribution in [3.63, 3.8) is 0 Å². The van der Waals surface area contributed by atoms with Crippen LogP contribution in [0, 0.1) is 0 Å². The average Bonchev–Trinajstić information content (AvgIpc) is 3.27. The molecule has 2 heterocycles. The van der Waals surface area contributed by atoms with Crippen LogP contribution in [0.2, 0.25) is 10.3 Å². The fourth-order valence-electron chi connectivity index (χ4n) is 10.5. The Kier molecular flexibility index (Phi) is 37.0. The number of ether oxygens (including phenoxy) is 1. The van der Waals surface area contributed by atoms with E-state index in [1.165, 1.54) is 0 Å². The molecule has 0 aliphatic heterocycles. The van der Waals surface area contributed by atoms with Crippen LogP contribution in [0.5, 0.6) is 0 Å². The van der Waals surface area contributed by atoms with Gasteiger partial charge in [0, 0.05) is 361 Å². The second kappa shape index (κ2) is 36.7. The van der Waals surface area contributed by atoms with Crippen LogP contribution in [0.15, 0.2) is 24.3 Å². The summed E-state index contributed by atoms with van der Waals surface area (Å²) in [5, 5.41) is 7.53. The standard InChI is InChI=1S/C11H11ClF3NO2.C7H3ClF3NO2.B51/c1-10(2,3)18-9(17)6-4-7(11(13,14)15)16-8(12)5-6;8-5-2-3(6(13)14)1-4(12-5)7(9,10)11;1-27-40(26)47(41(28(2)3)29(4)5)50(46(38(22)23)39(24)25)51(48(42(30(6)7)31(8)9)43(32(10)11)33(12)13)49(44(34(14)15)35(16)17)45(36(18)19)37(20)21/h4-5H,1-3H3;1-2H,(H,13,14);. The largest absolute Gasteiger partial charge is 0.478 e. The Balaban J connectivity index is 0.00000167. The Hall–Kier alpha value is 0.712. The first-order chi connectivity index (χ1) is 37.5. The number of hydrogen-bond donors (Lipinski definition) is 1. The summed E-state index contributed by atoms with van der Waals surface area (Å²) in [6, 6.07) is 2.91. The van der Waals surface area contributed by atoms with Crippen LogP contribution in [-0.2, 0) is 17.1 Å². The molecule has 329 valence electrons. The molecule has 83 heavy (non-hydrogen) atoms. The van der Waals surface area contributed by atoms with Gasteiger partial charge in [0.15, 0.2) is 0 Å². The van der Waals surface area contributed by atoms with Gasteiger partial charge < -0.3 is 9.84 Å². The van der Waals surface area contributed by atoms with Gasteiger partial charge in [-0.05, 0) is 45.0 Å². The molecule has 2 rings (SSSR count). The predicted molar refractivity (Wildman–Crippen MR) is 394 cm³/mol. The van der Waals surface area contributed by atoms with Gasteiger partial charge in [0.2, 0.25) is 0 Å². The van der Waals surface area contributed by atoms with Crippen LogP contribution in [0.25, 0.3) is 0 Å². The van der Waals surface area contributed by atoms with E-state index in [2.05, 4.69) is 9.97 Å². The minimum absolute atomic E-state index is 0.280. The van der Waals surface area contributed by atoms with Crippen LogP contribution in [0.3, 0.4) is 0 Å². The fraction of sp³-hybridized carbons (Fsp3) is 0.333. The first kappa shape index (κ1) is 83.7. The SMILES string of the molecule is CC(C)(C)OC(=O)c1cc(Cl)nc(C(F)(F)F)c1.O=C(O)c1cc(Cl)nc(C(F)(F)F)c1.[B][B]B([B])B(B(B([B])[B])B([B])[B])B(B(B([B])[B])B([B])[B])B(B(B(B([B])[B])B([B])[B])B(B([B])[B])B([B])[B])B(B(B([B])[B])B([B])[B])B(B([B])[B])B([B])[B]. The summed E-state index contributed by atoms with van der Waals surface area (Å²) in [5.41, 5.74) is -4.17. The van der Waals surface area contributed by atoms with Crippen molar-refractivity contribution in [1.82, 2.24) is 9.97 Å². The van der Waals surface area contributed by atoms with Crippen LogP contribution in [-0.4, -0.2) is 394 Å². The number of carboxylic acid groups (broad SMARTS) is 1. The molecule has 0 fully saturated rings. The summed E-state index contributed by atoms with van der Waals surface area (Å²) in [6.07, 6.45) is -40.0. The number of alkyl halides is 6. The van der Waals surface area contributed by atoms with E-state index < -0.39 is 210 Å². The van der Waals surface area contributed by atoms with Crippen molar-refractivity contribution >= 4 is 397 Å². The third kappa shape index (κ3) is 26.1. The van der Waals surface area contributed by atoms with Gasteiger partial charge in [-0.1, -0.05) is 23.2 Å². The highest BCUT2D eigenvalue weighted by Gasteiger charge is 2.60. The van der Waals surface area contributed by atoms with Crippen LogP contribution in [0.4, 0.5) is 26.3 Å². The van der Waals surface area contributed by atoms with Crippen molar-refractivity contribution in [1.29, 1.82) is 0 Å². The third-order valence-corrected chi connectivity index (χ3v) is 13.9. The molecule has 0 saturated carbocycles. The van der Waals surface area contributed by atoms with Crippen molar-refractivity contribution in [2.45, 2.75) is 38.7 Å². The van der Waals surface area contributed by atoms with Crippen molar-refractivity contribution < 1.29 is 45.8 Å². The Bertz CT molecular complexity index is 2140. The number of hydrogen-bond acceptors (Lipinski definition) is 5. The molecular weight excluding hydrogens is 1040 g/mol. The number of carbonyl (C=O) groups excluding carboxylic acids is 1. The van der Waals surface area contributed by atoms with Crippen LogP contribution >= 0.6 is 23.2 Å². The highest BCUT2D eigenvalue weighted by Crippen LogP contribution is 2.31.